The lowest BCUT2D eigenvalue weighted by Crippen LogP contribution is -2.34. The molecular formula is C17H25N3. The first-order valence-corrected chi connectivity index (χ1v) is 7.80. The smallest absolute Gasteiger partial charge is 0.107 e. The van der Waals surface area contributed by atoms with Crippen LogP contribution < -0.4 is 5.32 Å². The fraction of sp³-hybridized carbons (Fsp3) is 0.588. The molecule has 1 aliphatic heterocycles. The van der Waals surface area contributed by atoms with Gasteiger partial charge < -0.3 is 10.3 Å². The molecule has 1 aromatic heterocycles. The predicted molar refractivity (Wildman–Crippen MR) is 84.0 cm³/mol. The van der Waals surface area contributed by atoms with Crippen LogP contribution in [0.25, 0.3) is 11.0 Å². The van der Waals surface area contributed by atoms with Crippen LogP contribution in [0.3, 0.4) is 0 Å². The number of hydrogen-bond acceptors (Lipinski definition) is 2. The summed E-state index contributed by atoms with van der Waals surface area (Å²) in [6.07, 6.45) is 3.72. The van der Waals surface area contributed by atoms with Gasteiger partial charge in [0, 0.05) is 6.42 Å². The van der Waals surface area contributed by atoms with Gasteiger partial charge in [0.05, 0.1) is 11.0 Å². The van der Waals surface area contributed by atoms with Crippen LogP contribution in [-0.4, -0.2) is 23.1 Å². The van der Waals surface area contributed by atoms with Gasteiger partial charge in [-0.2, -0.15) is 0 Å². The molecule has 2 heterocycles. The third-order valence-electron chi connectivity index (χ3n) is 4.80. The molecule has 0 amide bonds. The quantitative estimate of drug-likeness (QED) is 0.898. The summed E-state index contributed by atoms with van der Waals surface area (Å²) in [5, 5.41) is 3.51. The van der Waals surface area contributed by atoms with E-state index < -0.39 is 0 Å². The van der Waals surface area contributed by atoms with Crippen molar-refractivity contribution in [3.05, 3.63) is 29.1 Å². The molecular weight excluding hydrogens is 246 g/mol. The Morgan fingerprint density at radius 2 is 2.10 bits per heavy atom. The van der Waals surface area contributed by atoms with Crippen molar-refractivity contribution in [1.29, 1.82) is 0 Å². The van der Waals surface area contributed by atoms with Crippen molar-refractivity contribution < 1.29 is 0 Å². The van der Waals surface area contributed by atoms with Crippen LogP contribution in [0.2, 0.25) is 0 Å². The highest BCUT2D eigenvalue weighted by molar-refractivity contribution is 5.77. The van der Waals surface area contributed by atoms with Gasteiger partial charge in [-0.15, -0.1) is 0 Å². The molecule has 1 fully saturated rings. The Kier molecular flexibility index (Phi) is 3.79. The Bertz CT molecular complexity index is 555. The number of fused-ring (bicyclic) bond motifs is 1. The number of imidazole rings is 1. The third kappa shape index (κ3) is 2.73. The monoisotopic (exact) mass is 271 g/mol. The number of nitrogens with one attached hydrogen (secondary N) is 2. The van der Waals surface area contributed by atoms with E-state index in [1.54, 1.807) is 0 Å². The molecule has 0 bridgehead atoms. The summed E-state index contributed by atoms with van der Waals surface area (Å²) >= 11 is 0. The van der Waals surface area contributed by atoms with E-state index >= 15 is 0 Å². The number of aromatic nitrogens is 2. The molecule has 3 heteroatoms. The highest BCUT2D eigenvalue weighted by Crippen LogP contribution is 2.24. The first-order chi connectivity index (χ1) is 9.63. The van der Waals surface area contributed by atoms with Gasteiger partial charge in [-0.25, -0.2) is 4.98 Å². The molecule has 0 aliphatic carbocycles. The van der Waals surface area contributed by atoms with Crippen LogP contribution in [0, 0.1) is 25.7 Å². The molecule has 0 saturated carbocycles. The summed E-state index contributed by atoms with van der Waals surface area (Å²) < 4.78 is 0. The normalized spacial score (nSPS) is 21.2. The Morgan fingerprint density at radius 3 is 2.85 bits per heavy atom. The maximum Gasteiger partial charge on any atom is 0.107 e. The van der Waals surface area contributed by atoms with Crippen LogP contribution in [0.4, 0.5) is 0 Å². The van der Waals surface area contributed by atoms with Gasteiger partial charge in [0.15, 0.2) is 0 Å². The summed E-state index contributed by atoms with van der Waals surface area (Å²) in [6, 6.07) is 4.41. The minimum absolute atomic E-state index is 0.686. The van der Waals surface area contributed by atoms with Crippen molar-refractivity contribution in [1.82, 2.24) is 15.3 Å². The average Bonchev–Trinajstić information content (AvgIpc) is 2.81. The number of piperidine rings is 1. The number of aromatic amines is 1. The van der Waals surface area contributed by atoms with Gasteiger partial charge in [0.25, 0.3) is 0 Å². The number of H-pyrrole nitrogens is 1. The second kappa shape index (κ2) is 5.57. The van der Waals surface area contributed by atoms with E-state index in [1.807, 2.05) is 0 Å². The molecule has 2 N–H and O–H groups in total. The summed E-state index contributed by atoms with van der Waals surface area (Å²) in [6.45, 7) is 9.03. The first kappa shape index (κ1) is 13.6. The third-order valence-corrected chi connectivity index (χ3v) is 4.80. The molecule has 1 aliphatic rings. The second-order valence-electron chi connectivity index (χ2n) is 6.42. The summed E-state index contributed by atoms with van der Waals surface area (Å²) in [4.78, 5) is 8.28. The van der Waals surface area contributed by atoms with Gasteiger partial charge in [0.1, 0.15) is 5.82 Å². The highest BCUT2D eigenvalue weighted by Gasteiger charge is 2.21. The van der Waals surface area contributed by atoms with E-state index in [2.05, 4.69) is 43.2 Å². The van der Waals surface area contributed by atoms with Crippen LogP contribution in [-0.2, 0) is 6.42 Å². The van der Waals surface area contributed by atoms with E-state index in [9.17, 15) is 0 Å². The molecule has 0 radical (unpaired) electrons. The second-order valence-corrected chi connectivity index (χ2v) is 6.42. The molecule has 2 unspecified atom stereocenters. The zero-order chi connectivity index (χ0) is 14.1. The Labute approximate surface area is 121 Å². The molecule has 3 rings (SSSR count). The topological polar surface area (TPSA) is 40.7 Å². The van der Waals surface area contributed by atoms with Gasteiger partial charge in [0.2, 0.25) is 0 Å². The van der Waals surface area contributed by atoms with Crippen LogP contribution >= 0.6 is 0 Å². The SMILES string of the molecule is Cc1cc2nc(CC(C)C3CCCNC3)[nH]c2cc1C. The zero-order valence-corrected chi connectivity index (χ0v) is 12.8. The highest BCUT2D eigenvalue weighted by atomic mass is 14.9. The fourth-order valence-corrected chi connectivity index (χ4v) is 3.26. The van der Waals surface area contributed by atoms with Gasteiger partial charge in [-0.1, -0.05) is 6.92 Å². The maximum atomic E-state index is 4.77. The Morgan fingerprint density at radius 1 is 1.30 bits per heavy atom. The van der Waals surface area contributed by atoms with E-state index in [0.29, 0.717) is 5.92 Å². The maximum absolute atomic E-state index is 4.77. The lowest BCUT2D eigenvalue weighted by molar-refractivity contribution is 0.276. The standard InChI is InChI=1S/C17H25N3/c1-11-7-15-16(8-12(11)2)20-17(19-15)9-13(3)14-5-4-6-18-10-14/h7-8,13-14,18H,4-6,9-10H2,1-3H3,(H,19,20). The largest absolute Gasteiger partial charge is 0.342 e. The van der Waals surface area contributed by atoms with E-state index in [-0.39, 0.29) is 0 Å². The number of aryl methyl sites for hydroxylation is 2. The van der Waals surface area contributed by atoms with Crippen molar-refractivity contribution in [3.63, 3.8) is 0 Å². The summed E-state index contributed by atoms with van der Waals surface area (Å²) in [5.74, 6) is 2.62. The van der Waals surface area contributed by atoms with Crippen LogP contribution in [0.1, 0.15) is 36.7 Å². The van der Waals surface area contributed by atoms with E-state index in [4.69, 9.17) is 4.98 Å². The Hall–Kier alpha value is -1.35. The van der Waals surface area contributed by atoms with Crippen molar-refractivity contribution in [2.45, 2.75) is 40.0 Å². The average molecular weight is 271 g/mol. The van der Waals surface area contributed by atoms with Crippen molar-refractivity contribution in [2.75, 3.05) is 13.1 Å². The van der Waals surface area contributed by atoms with Gasteiger partial charge in [-0.3, -0.25) is 0 Å². The zero-order valence-electron chi connectivity index (χ0n) is 12.8. The molecule has 2 atom stereocenters. The number of nitrogens with zero attached hydrogens (tertiary/aromatic N) is 1. The van der Waals surface area contributed by atoms with Crippen molar-refractivity contribution in [2.24, 2.45) is 11.8 Å². The Balaban J connectivity index is 1.76. The number of rotatable bonds is 3. The summed E-state index contributed by atoms with van der Waals surface area (Å²) in [7, 11) is 0. The molecule has 108 valence electrons. The van der Waals surface area contributed by atoms with E-state index in [1.165, 1.54) is 42.6 Å². The molecule has 1 saturated heterocycles. The fourth-order valence-electron chi connectivity index (χ4n) is 3.26. The van der Waals surface area contributed by atoms with Crippen molar-refractivity contribution in [3.8, 4) is 0 Å². The molecule has 0 spiro atoms. The molecule has 1 aromatic carbocycles. The lowest BCUT2D eigenvalue weighted by Gasteiger charge is -2.27. The van der Waals surface area contributed by atoms with Gasteiger partial charge in [-0.05, 0) is 74.9 Å². The minimum atomic E-state index is 0.686. The predicted octanol–water partition coefficient (Wildman–Crippen LogP) is 3.36. The number of benzene rings is 1. The van der Waals surface area contributed by atoms with Crippen LogP contribution in [0.15, 0.2) is 12.1 Å². The van der Waals surface area contributed by atoms with E-state index in [0.717, 1.165) is 23.7 Å². The lowest BCUT2D eigenvalue weighted by atomic mass is 9.85. The molecule has 2 aromatic rings. The number of hydrogen-bond donors (Lipinski definition) is 2. The minimum Gasteiger partial charge on any atom is -0.342 e. The van der Waals surface area contributed by atoms with Gasteiger partial charge >= 0.3 is 0 Å². The molecule has 3 nitrogen and oxygen atoms in total. The van der Waals surface area contributed by atoms with Crippen molar-refractivity contribution >= 4 is 11.0 Å². The molecule has 20 heavy (non-hydrogen) atoms. The van der Waals surface area contributed by atoms with Crippen LogP contribution in [0.5, 0.6) is 0 Å². The first-order valence-electron chi connectivity index (χ1n) is 7.80. The summed E-state index contributed by atoms with van der Waals surface area (Å²) in [5.41, 5.74) is 4.94.